The van der Waals surface area contributed by atoms with E-state index < -0.39 is 10.0 Å². The average Bonchev–Trinajstić information content (AvgIpc) is 3.32. The Kier molecular flexibility index (Phi) is 5.14. The molecule has 1 aromatic carbocycles. The minimum Gasteiger partial charge on any atom is -0.439 e. The summed E-state index contributed by atoms with van der Waals surface area (Å²) in [4.78, 5) is 7.54. The molecule has 6 nitrogen and oxygen atoms in total. The highest BCUT2D eigenvalue weighted by Crippen LogP contribution is 2.26. The minimum atomic E-state index is -3.38. The van der Waals surface area contributed by atoms with Crippen molar-refractivity contribution >= 4 is 21.4 Å². The zero-order valence-electron chi connectivity index (χ0n) is 15.0. The first-order valence-electron chi connectivity index (χ1n) is 8.81. The Hall–Kier alpha value is -2.00. The molecule has 1 aliphatic rings. The molecule has 0 bridgehead atoms. The third-order valence-corrected chi connectivity index (χ3v) is 7.98. The molecule has 0 aliphatic carbocycles. The van der Waals surface area contributed by atoms with Gasteiger partial charge < -0.3 is 4.42 Å². The SMILES string of the molecule is Cc1ccc(S(=O)(=O)N2CCN(Cc3ncc(-c4ccccc4)o3)CC2)s1. The van der Waals surface area contributed by atoms with E-state index >= 15 is 0 Å². The standard InChI is InChI=1S/C19H21N3O3S2/c1-15-7-8-19(26-15)27(23,24)22-11-9-21(10-12-22)14-18-20-13-17(25-18)16-5-3-2-4-6-16/h2-8,13H,9-12,14H2,1H3. The summed E-state index contributed by atoms with van der Waals surface area (Å²) in [7, 11) is -3.38. The van der Waals surface area contributed by atoms with Gasteiger partial charge in [0, 0.05) is 36.6 Å². The summed E-state index contributed by atoms with van der Waals surface area (Å²) in [5.41, 5.74) is 0.999. The first kappa shape index (κ1) is 18.4. The number of thiophene rings is 1. The molecule has 1 aliphatic heterocycles. The van der Waals surface area contributed by atoms with Crippen molar-refractivity contribution in [3.63, 3.8) is 0 Å². The van der Waals surface area contributed by atoms with Gasteiger partial charge in [0.2, 0.25) is 5.89 Å². The van der Waals surface area contributed by atoms with Gasteiger partial charge in [0.15, 0.2) is 5.76 Å². The van der Waals surface area contributed by atoms with Crippen molar-refractivity contribution in [1.82, 2.24) is 14.2 Å². The van der Waals surface area contributed by atoms with Crippen LogP contribution in [-0.2, 0) is 16.6 Å². The second-order valence-corrected chi connectivity index (χ2v) is 9.98. The van der Waals surface area contributed by atoms with Crippen LogP contribution < -0.4 is 0 Å². The Labute approximate surface area is 163 Å². The molecule has 27 heavy (non-hydrogen) atoms. The molecule has 0 unspecified atom stereocenters. The second-order valence-electron chi connectivity index (χ2n) is 6.53. The normalized spacial score (nSPS) is 16.6. The topological polar surface area (TPSA) is 66.7 Å². The van der Waals surface area contributed by atoms with E-state index in [1.807, 2.05) is 43.3 Å². The molecule has 3 heterocycles. The number of sulfonamides is 1. The van der Waals surface area contributed by atoms with Crippen molar-refractivity contribution in [1.29, 1.82) is 0 Å². The number of hydrogen-bond donors (Lipinski definition) is 0. The Morgan fingerprint density at radius 2 is 1.81 bits per heavy atom. The maximum absolute atomic E-state index is 12.7. The minimum absolute atomic E-state index is 0.425. The molecule has 3 aromatic rings. The van der Waals surface area contributed by atoms with Crippen LogP contribution in [0.25, 0.3) is 11.3 Å². The van der Waals surface area contributed by atoms with Crippen LogP contribution in [0.5, 0.6) is 0 Å². The lowest BCUT2D eigenvalue weighted by Crippen LogP contribution is -2.48. The highest BCUT2D eigenvalue weighted by molar-refractivity contribution is 7.91. The molecule has 0 spiro atoms. The first-order chi connectivity index (χ1) is 13.0. The Morgan fingerprint density at radius 3 is 2.48 bits per heavy atom. The van der Waals surface area contributed by atoms with Gasteiger partial charge in [-0.25, -0.2) is 13.4 Å². The number of rotatable bonds is 5. The lowest BCUT2D eigenvalue weighted by molar-refractivity contribution is 0.169. The van der Waals surface area contributed by atoms with Crippen LogP contribution >= 0.6 is 11.3 Å². The van der Waals surface area contributed by atoms with E-state index in [0.29, 0.717) is 42.8 Å². The van der Waals surface area contributed by atoms with Gasteiger partial charge in [0.05, 0.1) is 12.7 Å². The molecule has 0 radical (unpaired) electrons. The Bertz CT molecular complexity index is 1000. The summed E-state index contributed by atoms with van der Waals surface area (Å²) in [5.74, 6) is 1.40. The average molecular weight is 404 g/mol. The van der Waals surface area contributed by atoms with Crippen molar-refractivity contribution in [2.45, 2.75) is 17.7 Å². The fraction of sp³-hybridized carbons (Fsp3) is 0.316. The number of oxazole rings is 1. The van der Waals surface area contributed by atoms with Crippen LogP contribution in [0, 0.1) is 6.92 Å². The number of hydrogen-bond acceptors (Lipinski definition) is 6. The van der Waals surface area contributed by atoms with Crippen LogP contribution in [0.3, 0.4) is 0 Å². The van der Waals surface area contributed by atoms with Crippen LogP contribution in [0.4, 0.5) is 0 Å². The summed E-state index contributed by atoms with van der Waals surface area (Å²) in [6.45, 7) is 4.77. The predicted molar refractivity (Wildman–Crippen MR) is 105 cm³/mol. The summed E-state index contributed by atoms with van der Waals surface area (Å²) in [6.07, 6.45) is 1.74. The van der Waals surface area contributed by atoms with Crippen molar-refractivity contribution in [2.24, 2.45) is 0 Å². The number of aryl methyl sites for hydroxylation is 1. The Morgan fingerprint density at radius 1 is 1.07 bits per heavy atom. The number of nitrogens with zero attached hydrogens (tertiary/aromatic N) is 3. The molecule has 1 saturated heterocycles. The summed E-state index contributed by atoms with van der Waals surface area (Å²) >= 11 is 1.32. The van der Waals surface area contributed by atoms with Gasteiger partial charge in [-0.3, -0.25) is 4.90 Å². The van der Waals surface area contributed by atoms with E-state index in [9.17, 15) is 8.42 Å². The van der Waals surface area contributed by atoms with Gasteiger partial charge in [-0.2, -0.15) is 4.31 Å². The second kappa shape index (κ2) is 7.55. The van der Waals surface area contributed by atoms with Gasteiger partial charge in [-0.15, -0.1) is 11.3 Å². The van der Waals surface area contributed by atoms with E-state index in [1.54, 1.807) is 16.6 Å². The third kappa shape index (κ3) is 3.98. The van der Waals surface area contributed by atoms with Crippen LogP contribution in [-0.4, -0.2) is 48.8 Å². The molecule has 1 fully saturated rings. The molecule has 8 heteroatoms. The van der Waals surface area contributed by atoms with Gasteiger partial charge in [-0.1, -0.05) is 30.3 Å². The maximum atomic E-state index is 12.7. The molecule has 0 saturated carbocycles. The quantitative estimate of drug-likeness (QED) is 0.654. The number of benzene rings is 1. The fourth-order valence-corrected chi connectivity index (χ4v) is 5.98. The van der Waals surface area contributed by atoms with E-state index in [0.717, 1.165) is 16.2 Å². The van der Waals surface area contributed by atoms with Gasteiger partial charge >= 0.3 is 0 Å². The van der Waals surface area contributed by atoms with Crippen molar-refractivity contribution in [3.8, 4) is 11.3 Å². The highest BCUT2D eigenvalue weighted by Gasteiger charge is 2.29. The summed E-state index contributed by atoms with van der Waals surface area (Å²) < 4.78 is 33.3. The third-order valence-electron chi connectivity index (χ3n) is 4.61. The molecule has 142 valence electrons. The van der Waals surface area contributed by atoms with E-state index in [2.05, 4.69) is 9.88 Å². The number of piperazine rings is 1. The van der Waals surface area contributed by atoms with Gasteiger partial charge in [0.1, 0.15) is 4.21 Å². The largest absolute Gasteiger partial charge is 0.439 e. The van der Waals surface area contributed by atoms with Crippen LogP contribution in [0.2, 0.25) is 0 Å². The predicted octanol–water partition coefficient (Wildman–Crippen LogP) is 3.22. The van der Waals surface area contributed by atoms with Crippen molar-refractivity contribution in [3.05, 3.63) is 59.4 Å². The van der Waals surface area contributed by atoms with E-state index in [1.165, 1.54) is 11.3 Å². The Balaban J connectivity index is 1.37. The molecular weight excluding hydrogens is 382 g/mol. The van der Waals surface area contributed by atoms with Crippen LogP contribution in [0.1, 0.15) is 10.8 Å². The highest BCUT2D eigenvalue weighted by atomic mass is 32.2. The fourth-order valence-electron chi connectivity index (χ4n) is 3.12. The molecular formula is C19H21N3O3S2. The van der Waals surface area contributed by atoms with E-state index in [-0.39, 0.29) is 0 Å². The maximum Gasteiger partial charge on any atom is 0.252 e. The lowest BCUT2D eigenvalue weighted by Gasteiger charge is -2.32. The first-order valence-corrected chi connectivity index (χ1v) is 11.1. The molecule has 0 atom stereocenters. The zero-order valence-corrected chi connectivity index (χ0v) is 16.7. The molecule has 0 N–H and O–H groups in total. The molecule has 4 rings (SSSR count). The molecule has 2 aromatic heterocycles. The zero-order chi connectivity index (χ0) is 18.9. The van der Waals surface area contributed by atoms with Gasteiger partial charge in [-0.05, 0) is 19.1 Å². The van der Waals surface area contributed by atoms with Crippen molar-refractivity contribution in [2.75, 3.05) is 26.2 Å². The lowest BCUT2D eigenvalue weighted by atomic mass is 10.2. The summed E-state index contributed by atoms with van der Waals surface area (Å²) in [6, 6.07) is 13.4. The van der Waals surface area contributed by atoms with E-state index in [4.69, 9.17) is 4.42 Å². The molecule has 0 amide bonds. The van der Waals surface area contributed by atoms with Gasteiger partial charge in [0.25, 0.3) is 10.0 Å². The smallest absolute Gasteiger partial charge is 0.252 e. The monoisotopic (exact) mass is 403 g/mol. The van der Waals surface area contributed by atoms with Crippen molar-refractivity contribution < 1.29 is 12.8 Å². The van der Waals surface area contributed by atoms with Crippen LogP contribution in [0.15, 0.2) is 57.3 Å². The summed E-state index contributed by atoms with van der Waals surface area (Å²) in [5, 5.41) is 0. The number of aromatic nitrogens is 1.